The molecular weight excluding hydrogens is 226 g/mol. The van der Waals surface area contributed by atoms with Crippen LogP contribution in [0.5, 0.6) is 0 Å². The Morgan fingerprint density at radius 1 is 1.22 bits per heavy atom. The van der Waals surface area contributed by atoms with E-state index < -0.39 is 0 Å². The average Bonchev–Trinajstić information content (AvgIpc) is 2.82. The summed E-state index contributed by atoms with van der Waals surface area (Å²) in [6, 6.07) is 10.1. The van der Waals surface area contributed by atoms with Crippen LogP contribution in [-0.4, -0.2) is 23.8 Å². The number of benzene rings is 1. The highest BCUT2D eigenvalue weighted by atomic mass is 16.2. The van der Waals surface area contributed by atoms with Gasteiger partial charge >= 0.3 is 0 Å². The number of carbonyl (C=O) groups is 2. The smallest absolute Gasteiger partial charge is 0.232 e. The molecule has 1 heterocycles. The second-order valence-electron chi connectivity index (χ2n) is 5.43. The lowest BCUT2D eigenvalue weighted by atomic mass is 9.67. The molecule has 2 unspecified atom stereocenters. The predicted octanol–water partition coefficient (Wildman–Crippen LogP) is 2.11. The van der Waals surface area contributed by atoms with E-state index in [2.05, 4.69) is 12.1 Å². The van der Waals surface area contributed by atoms with Gasteiger partial charge in [0.05, 0.1) is 0 Å². The van der Waals surface area contributed by atoms with Gasteiger partial charge in [0.1, 0.15) is 0 Å². The first-order valence-corrected chi connectivity index (χ1v) is 6.51. The van der Waals surface area contributed by atoms with Crippen molar-refractivity contribution in [1.29, 1.82) is 0 Å². The standard InChI is InChI=1S/C15H17NO2/c1-16-13(17)10-15(11-6-3-2-4-7-11)9-5-8-12(15)14(16)18/h2-4,6-7,12H,5,8-10H2,1H3. The number of likely N-dealkylation sites (tertiary alicyclic amines) is 1. The molecule has 1 aliphatic heterocycles. The molecule has 0 N–H and O–H groups in total. The highest BCUT2D eigenvalue weighted by Gasteiger charge is 2.53. The number of fused-ring (bicyclic) bond motifs is 1. The SMILES string of the molecule is CN1C(=O)CC2(c3ccccc3)CCCC2C1=O. The lowest BCUT2D eigenvalue weighted by molar-refractivity contribution is -0.153. The maximum atomic E-state index is 12.3. The Balaban J connectivity index is 2.09. The number of hydrogen-bond acceptors (Lipinski definition) is 2. The van der Waals surface area contributed by atoms with E-state index in [0.29, 0.717) is 6.42 Å². The quantitative estimate of drug-likeness (QED) is 0.708. The minimum absolute atomic E-state index is 0.00704. The van der Waals surface area contributed by atoms with Gasteiger partial charge in [0.15, 0.2) is 0 Å². The number of piperidine rings is 1. The lowest BCUT2D eigenvalue weighted by Gasteiger charge is -2.41. The van der Waals surface area contributed by atoms with Crippen molar-refractivity contribution in [2.45, 2.75) is 31.1 Å². The Labute approximate surface area is 107 Å². The molecule has 1 saturated carbocycles. The molecule has 2 aliphatic rings. The van der Waals surface area contributed by atoms with Crippen LogP contribution in [-0.2, 0) is 15.0 Å². The predicted molar refractivity (Wildman–Crippen MR) is 67.9 cm³/mol. The van der Waals surface area contributed by atoms with E-state index in [1.165, 1.54) is 4.90 Å². The number of carbonyl (C=O) groups excluding carboxylic acids is 2. The Morgan fingerprint density at radius 2 is 1.94 bits per heavy atom. The summed E-state index contributed by atoms with van der Waals surface area (Å²) in [7, 11) is 1.61. The van der Waals surface area contributed by atoms with Gasteiger partial charge in [-0.3, -0.25) is 14.5 Å². The normalized spacial score (nSPS) is 31.6. The molecule has 1 aliphatic carbocycles. The van der Waals surface area contributed by atoms with E-state index in [4.69, 9.17) is 0 Å². The monoisotopic (exact) mass is 243 g/mol. The van der Waals surface area contributed by atoms with Gasteiger partial charge < -0.3 is 0 Å². The Morgan fingerprint density at radius 3 is 2.67 bits per heavy atom. The van der Waals surface area contributed by atoms with E-state index in [0.717, 1.165) is 24.8 Å². The molecule has 0 spiro atoms. The Bertz CT molecular complexity index is 496. The molecule has 3 heteroatoms. The van der Waals surface area contributed by atoms with E-state index in [1.807, 2.05) is 18.2 Å². The minimum atomic E-state index is -0.234. The van der Waals surface area contributed by atoms with Crippen molar-refractivity contribution < 1.29 is 9.59 Å². The number of hydrogen-bond donors (Lipinski definition) is 0. The summed E-state index contributed by atoms with van der Waals surface area (Å²) in [6.45, 7) is 0. The van der Waals surface area contributed by atoms with E-state index >= 15 is 0 Å². The van der Waals surface area contributed by atoms with Gasteiger partial charge in [0.2, 0.25) is 11.8 Å². The van der Waals surface area contributed by atoms with Crippen molar-refractivity contribution in [3.05, 3.63) is 35.9 Å². The molecule has 1 aromatic carbocycles. The van der Waals surface area contributed by atoms with Crippen molar-refractivity contribution in [3.8, 4) is 0 Å². The molecule has 0 radical (unpaired) electrons. The number of amides is 2. The maximum Gasteiger partial charge on any atom is 0.232 e. The third-order valence-corrected chi connectivity index (χ3v) is 4.60. The van der Waals surface area contributed by atoms with E-state index in [1.54, 1.807) is 7.05 Å². The fourth-order valence-electron chi connectivity index (χ4n) is 3.61. The first kappa shape index (κ1) is 11.5. The van der Waals surface area contributed by atoms with E-state index in [-0.39, 0.29) is 23.1 Å². The van der Waals surface area contributed by atoms with Crippen molar-refractivity contribution in [3.63, 3.8) is 0 Å². The van der Waals surface area contributed by atoms with Gasteiger partial charge in [-0.15, -0.1) is 0 Å². The third kappa shape index (κ3) is 1.43. The summed E-state index contributed by atoms with van der Waals surface area (Å²) in [5.41, 5.74) is 0.921. The van der Waals surface area contributed by atoms with Crippen LogP contribution in [0, 0.1) is 5.92 Å². The fraction of sp³-hybridized carbons (Fsp3) is 0.467. The van der Waals surface area contributed by atoms with Crippen LogP contribution in [0.4, 0.5) is 0 Å². The van der Waals surface area contributed by atoms with Crippen LogP contribution in [0.25, 0.3) is 0 Å². The van der Waals surface area contributed by atoms with Crippen LogP contribution in [0.2, 0.25) is 0 Å². The fourth-order valence-corrected chi connectivity index (χ4v) is 3.61. The molecule has 1 aromatic rings. The van der Waals surface area contributed by atoms with Gasteiger partial charge in [0, 0.05) is 24.8 Å². The zero-order valence-corrected chi connectivity index (χ0v) is 10.6. The van der Waals surface area contributed by atoms with Gasteiger partial charge in [-0.1, -0.05) is 36.8 Å². The summed E-state index contributed by atoms with van der Waals surface area (Å²) in [4.78, 5) is 25.6. The molecular formula is C15H17NO2. The summed E-state index contributed by atoms with van der Waals surface area (Å²) in [6.07, 6.45) is 3.37. The van der Waals surface area contributed by atoms with Gasteiger partial charge in [0.25, 0.3) is 0 Å². The molecule has 1 saturated heterocycles. The molecule has 18 heavy (non-hydrogen) atoms. The Hall–Kier alpha value is -1.64. The first-order chi connectivity index (χ1) is 8.65. The van der Waals surface area contributed by atoms with Crippen LogP contribution in [0.1, 0.15) is 31.2 Å². The van der Waals surface area contributed by atoms with E-state index in [9.17, 15) is 9.59 Å². The van der Waals surface area contributed by atoms with Crippen molar-refractivity contribution in [2.24, 2.45) is 5.92 Å². The molecule has 2 fully saturated rings. The van der Waals surface area contributed by atoms with Crippen LogP contribution in [0.15, 0.2) is 30.3 Å². The number of rotatable bonds is 1. The summed E-state index contributed by atoms with van der Waals surface area (Å²) >= 11 is 0. The molecule has 3 rings (SSSR count). The minimum Gasteiger partial charge on any atom is -0.285 e. The van der Waals surface area contributed by atoms with Crippen LogP contribution < -0.4 is 0 Å². The highest BCUT2D eigenvalue weighted by Crippen LogP contribution is 2.51. The largest absolute Gasteiger partial charge is 0.285 e. The second kappa shape index (κ2) is 3.94. The molecule has 2 amide bonds. The molecule has 0 bridgehead atoms. The molecule has 94 valence electrons. The molecule has 3 nitrogen and oxygen atoms in total. The number of nitrogens with zero attached hydrogens (tertiary/aromatic N) is 1. The molecule has 0 aromatic heterocycles. The highest BCUT2D eigenvalue weighted by molar-refractivity contribution is 6.00. The Kier molecular flexibility index (Phi) is 2.51. The molecule has 2 atom stereocenters. The lowest BCUT2D eigenvalue weighted by Crippen LogP contribution is -2.52. The van der Waals surface area contributed by atoms with Crippen molar-refractivity contribution in [2.75, 3.05) is 7.05 Å². The summed E-state index contributed by atoms with van der Waals surface area (Å²) in [5.74, 6) is -0.0443. The topological polar surface area (TPSA) is 37.4 Å². The average molecular weight is 243 g/mol. The van der Waals surface area contributed by atoms with Crippen LogP contribution >= 0.6 is 0 Å². The zero-order valence-electron chi connectivity index (χ0n) is 10.6. The van der Waals surface area contributed by atoms with Gasteiger partial charge in [-0.2, -0.15) is 0 Å². The third-order valence-electron chi connectivity index (χ3n) is 4.60. The van der Waals surface area contributed by atoms with Crippen molar-refractivity contribution in [1.82, 2.24) is 4.90 Å². The maximum absolute atomic E-state index is 12.3. The van der Waals surface area contributed by atoms with Gasteiger partial charge in [-0.25, -0.2) is 0 Å². The summed E-state index contributed by atoms with van der Waals surface area (Å²) < 4.78 is 0. The van der Waals surface area contributed by atoms with Crippen LogP contribution in [0.3, 0.4) is 0 Å². The second-order valence-corrected chi connectivity index (χ2v) is 5.43. The van der Waals surface area contributed by atoms with Gasteiger partial charge in [-0.05, 0) is 18.4 Å². The zero-order chi connectivity index (χ0) is 12.8. The number of imide groups is 1. The first-order valence-electron chi connectivity index (χ1n) is 6.51. The summed E-state index contributed by atoms with van der Waals surface area (Å²) in [5, 5.41) is 0. The van der Waals surface area contributed by atoms with Crippen molar-refractivity contribution >= 4 is 11.8 Å².